The van der Waals surface area contributed by atoms with E-state index in [-0.39, 0.29) is 5.75 Å². The predicted octanol–water partition coefficient (Wildman–Crippen LogP) is 1.10. The third-order valence-corrected chi connectivity index (χ3v) is 2.52. The van der Waals surface area contributed by atoms with E-state index in [1.54, 1.807) is 36.2 Å². The van der Waals surface area contributed by atoms with E-state index in [2.05, 4.69) is 5.10 Å². The number of nitrogens with two attached hydrogens (primary N) is 1. The highest BCUT2D eigenvalue weighted by Crippen LogP contribution is 2.19. The molecule has 3 N–H and O–H groups in total. The van der Waals surface area contributed by atoms with Gasteiger partial charge >= 0.3 is 0 Å². The number of hydrogen-bond donors (Lipinski definition) is 2. The Labute approximate surface area is 99.4 Å². The van der Waals surface area contributed by atoms with Crippen LogP contribution in [0.1, 0.15) is 11.1 Å². The van der Waals surface area contributed by atoms with Gasteiger partial charge in [0, 0.05) is 12.1 Å². The van der Waals surface area contributed by atoms with E-state index in [1.165, 1.54) is 0 Å². The maximum absolute atomic E-state index is 9.39. The van der Waals surface area contributed by atoms with Crippen LogP contribution in [0.15, 0.2) is 30.5 Å². The SMILES string of the molecule is COc1c(CN)cnn1Cc1cccc(O)c1. The minimum atomic E-state index is 0.243. The van der Waals surface area contributed by atoms with Crippen molar-refractivity contribution in [3.63, 3.8) is 0 Å². The maximum Gasteiger partial charge on any atom is 0.216 e. The molecule has 0 atom stereocenters. The molecule has 1 heterocycles. The molecule has 0 aliphatic carbocycles. The number of ether oxygens (including phenoxy) is 1. The van der Waals surface area contributed by atoms with Gasteiger partial charge in [0.15, 0.2) is 0 Å². The van der Waals surface area contributed by atoms with Gasteiger partial charge in [-0.1, -0.05) is 12.1 Å². The van der Waals surface area contributed by atoms with Crippen molar-refractivity contribution in [1.29, 1.82) is 0 Å². The largest absolute Gasteiger partial charge is 0.508 e. The zero-order chi connectivity index (χ0) is 12.3. The Hall–Kier alpha value is -2.01. The summed E-state index contributed by atoms with van der Waals surface area (Å²) in [4.78, 5) is 0. The molecule has 0 aliphatic rings. The Morgan fingerprint density at radius 1 is 1.47 bits per heavy atom. The summed E-state index contributed by atoms with van der Waals surface area (Å²) in [5.41, 5.74) is 7.41. The number of benzene rings is 1. The zero-order valence-corrected chi connectivity index (χ0v) is 9.63. The van der Waals surface area contributed by atoms with Gasteiger partial charge in [0.2, 0.25) is 5.88 Å². The Morgan fingerprint density at radius 2 is 2.29 bits per heavy atom. The summed E-state index contributed by atoms with van der Waals surface area (Å²) in [7, 11) is 1.59. The molecular formula is C12H15N3O2. The van der Waals surface area contributed by atoms with Gasteiger partial charge in [-0.15, -0.1) is 0 Å². The van der Waals surface area contributed by atoms with Crippen molar-refractivity contribution in [1.82, 2.24) is 9.78 Å². The van der Waals surface area contributed by atoms with Gasteiger partial charge in [0.05, 0.1) is 19.9 Å². The summed E-state index contributed by atoms with van der Waals surface area (Å²) in [6.45, 7) is 0.931. The molecule has 0 amide bonds. The van der Waals surface area contributed by atoms with Crippen LogP contribution in [0.5, 0.6) is 11.6 Å². The topological polar surface area (TPSA) is 73.3 Å². The van der Waals surface area contributed by atoms with Crippen LogP contribution in [0.25, 0.3) is 0 Å². The number of hydrogen-bond acceptors (Lipinski definition) is 4. The normalized spacial score (nSPS) is 10.5. The molecule has 2 aromatic rings. The first-order chi connectivity index (χ1) is 8.24. The number of methoxy groups -OCH3 is 1. The second kappa shape index (κ2) is 4.88. The van der Waals surface area contributed by atoms with Crippen molar-refractivity contribution in [3.05, 3.63) is 41.6 Å². The van der Waals surface area contributed by atoms with Gasteiger partial charge in [-0.25, -0.2) is 4.68 Å². The van der Waals surface area contributed by atoms with Gasteiger partial charge in [0.1, 0.15) is 5.75 Å². The molecule has 17 heavy (non-hydrogen) atoms. The monoisotopic (exact) mass is 233 g/mol. The number of nitrogens with zero attached hydrogens (tertiary/aromatic N) is 2. The number of rotatable bonds is 4. The molecule has 5 nitrogen and oxygen atoms in total. The highest BCUT2D eigenvalue weighted by atomic mass is 16.5. The Morgan fingerprint density at radius 3 is 2.94 bits per heavy atom. The molecule has 0 radical (unpaired) electrons. The predicted molar refractivity (Wildman–Crippen MR) is 63.9 cm³/mol. The van der Waals surface area contributed by atoms with Gasteiger partial charge in [-0.2, -0.15) is 5.10 Å². The van der Waals surface area contributed by atoms with Gasteiger partial charge < -0.3 is 15.6 Å². The van der Waals surface area contributed by atoms with Crippen LogP contribution in [-0.2, 0) is 13.1 Å². The molecule has 1 aromatic heterocycles. The van der Waals surface area contributed by atoms with Crippen molar-refractivity contribution in [2.45, 2.75) is 13.1 Å². The molecule has 0 aliphatic heterocycles. The first kappa shape index (κ1) is 11.5. The molecule has 90 valence electrons. The quantitative estimate of drug-likeness (QED) is 0.829. The lowest BCUT2D eigenvalue weighted by Gasteiger charge is -2.07. The molecule has 2 rings (SSSR count). The fourth-order valence-corrected chi connectivity index (χ4v) is 1.73. The van der Waals surface area contributed by atoms with Crippen molar-refractivity contribution in [2.24, 2.45) is 5.73 Å². The Balaban J connectivity index is 2.27. The average Bonchev–Trinajstić information content (AvgIpc) is 2.71. The van der Waals surface area contributed by atoms with E-state index in [9.17, 15) is 5.11 Å². The number of phenols is 1. The van der Waals surface area contributed by atoms with Crippen LogP contribution in [0.3, 0.4) is 0 Å². The van der Waals surface area contributed by atoms with Crippen LogP contribution in [-0.4, -0.2) is 22.0 Å². The second-order valence-electron chi connectivity index (χ2n) is 3.71. The number of aromatic hydroxyl groups is 1. The molecule has 0 fully saturated rings. The lowest BCUT2D eigenvalue weighted by atomic mass is 10.2. The van der Waals surface area contributed by atoms with Gasteiger partial charge in [-0.3, -0.25) is 0 Å². The summed E-state index contributed by atoms with van der Waals surface area (Å²) in [6.07, 6.45) is 1.70. The summed E-state index contributed by atoms with van der Waals surface area (Å²) >= 11 is 0. The summed E-state index contributed by atoms with van der Waals surface area (Å²) in [5.74, 6) is 0.906. The maximum atomic E-state index is 9.39. The molecule has 0 spiro atoms. The first-order valence-electron chi connectivity index (χ1n) is 5.31. The number of phenolic OH excluding ortho intramolecular Hbond substituents is 1. The molecule has 0 saturated heterocycles. The second-order valence-corrected chi connectivity index (χ2v) is 3.71. The smallest absolute Gasteiger partial charge is 0.216 e. The van der Waals surface area contributed by atoms with Crippen LogP contribution in [0, 0.1) is 0 Å². The van der Waals surface area contributed by atoms with E-state index in [0.29, 0.717) is 19.0 Å². The van der Waals surface area contributed by atoms with E-state index in [0.717, 1.165) is 11.1 Å². The third kappa shape index (κ3) is 2.39. The average molecular weight is 233 g/mol. The lowest BCUT2D eigenvalue weighted by molar-refractivity contribution is 0.362. The van der Waals surface area contributed by atoms with Crippen molar-refractivity contribution in [3.8, 4) is 11.6 Å². The summed E-state index contributed by atoms with van der Waals surface area (Å²) < 4.78 is 6.99. The molecule has 0 saturated carbocycles. The first-order valence-corrected chi connectivity index (χ1v) is 5.31. The lowest BCUT2D eigenvalue weighted by Crippen LogP contribution is -2.05. The summed E-state index contributed by atoms with van der Waals surface area (Å²) in [5, 5.41) is 13.6. The highest BCUT2D eigenvalue weighted by molar-refractivity contribution is 5.29. The van der Waals surface area contributed by atoms with Crippen molar-refractivity contribution >= 4 is 0 Å². The summed E-state index contributed by atoms with van der Waals surface area (Å²) in [6, 6.07) is 7.05. The van der Waals surface area contributed by atoms with Gasteiger partial charge in [-0.05, 0) is 17.7 Å². The van der Waals surface area contributed by atoms with Crippen LogP contribution < -0.4 is 10.5 Å². The van der Waals surface area contributed by atoms with Crippen molar-refractivity contribution < 1.29 is 9.84 Å². The fourth-order valence-electron chi connectivity index (χ4n) is 1.73. The van der Waals surface area contributed by atoms with Crippen LogP contribution in [0.4, 0.5) is 0 Å². The minimum Gasteiger partial charge on any atom is -0.508 e. The van der Waals surface area contributed by atoms with Crippen LogP contribution in [0.2, 0.25) is 0 Å². The van der Waals surface area contributed by atoms with E-state index in [1.807, 2.05) is 6.07 Å². The van der Waals surface area contributed by atoms with Crippen LogP contribution >= 0.6 is 0 Å². The Bertz CT molecular complexity index is 508. The van der Waals surface area contributed by atoms with Crippen molar-refractivity contribution in [2.75, 3.05) is 7.11 Å². The minimum absolute atomic E-state index is 0.243. The fraction of sp³-hybridized carbons (Fsp3) is 0.250. The van der Waals surface area contributed by atoms with Gasteiger partial charge in [0.25, 0.3) is 0 Å². The van der Waals surface area contributed by atoms with E-state index < -0.39 is 0 Å². The molecule has 0 bridgehead atoms. The molecular weight excluding hydrogens is 218 g/mol. The molecule has 0 unspecified atom stereocenters. The molecule has 5 heteroatoms. The Kier molecular flexibility index (Phi) is 3.30. The zero-order valence-electron chi connectivity index (χ0n) is 9.63. The number of aromatic nitrogens is 2. The van der Waals surface area contributed by atoms with E-state index in [4.69, 9.17) is 10.5 Å². The van der Waals surface area contributed by atoms with E-state index >= 15 is 0 Å². The third-order valence-electron chi connectivity index (χ3n) is 2.52. The highest BCUT2D eigenvalue weighted by Gasteiger charge is 2.10. The molecule has 1 aromatic carbocycles. The standard InChI is InChI=1S/C12H15N3O2/c1-17-12-10(6-13)7-14-15(12)8-9-3-2-4-11(16)5-9/h2-5,7,16H,6,8,13H2,1H3.